The monoisotopic (exact) mass is 305 g/mol. The number of hydrogen-bond acceptors (Lipinski definition) is 3. The van der Waals surface area contributed by atoms with Crippen LogP contribution in [-0.2, 0) is 0 Å². The van der Waals surface area contributed by atoms with Crippen molar-refractivity contribution < 1.29 is 9.47 Å². The maximum Gasteiger partial charge on any atom is 0.139 e. The summed E-state index contributed by atoms with van der Waals surface area (Å²) >= 11 is 6.07. The molecule has 0 aliphatic heterocycles. The van der Waals surface area contributed by atoms with Crippen LogP contribution in [0.25, 0.3) is 0 Å². The van der Waals surface area contributed by atoms with Gasteiger partial charge in [-0.25, -0.2) is 0 Å². The number of halogens is 1. The first-order chi connectivity index (χ1) is 10.1. The molecular weight excluding hydrogens is 286 g/mol. The van der Waals surface area contributed by atoms with Gasteiger partial charge in [0.2, 0.25) is 0 Å². The Morgan fingerprint density at radius 3 is 2.48 bits per heavy atom. The van der Waals surface area contributed by atoms with E-state index in [0.29, 0.717) is 5.02 Å². The van der Waals surface area contributed by atoms with E-state index in [4.69, 9.17) is 26.8 Å². The van der Waals surface area contributed by atoms with Gasteiger partial charge in [-0.15, -0.1) is 0 Å². The molecule has 2 atom stereocenters. The molecule has 0 amide bonds. The first kappa shape index (κ1) is 15.7. The number of nitrogens with two attached hydrogens (primary N) is 1. The van der Waals surface area contributed by atoms with E-state index in [0.717, 1.165) is 23.5 Å². The van der Waals surface area contributed by atoms with Crippen molar-refractivity contribution in [2.45, 2.75) is 25.5 Å². The smallest absolute Gasteiger partial charge is 0.139 e. The predicted molar refractivity (Wildman–Crippen MR) is 86.1 cm³/mol. The Labute approximate surface area is 130 Å². The second kappa shape index (κ2) is 7.34. The second-order valence-corrected chi connectivity index (χ2v) is 5.28. The fourth-order valence-electron chi connectivity index (χ4n) is 2.12. The van der Waals surface area contributed by atoms with Gasteiger partial charge in [-0.1, -0.05) is 36.7 Å². The summed E-state index contributed by atoms with van der Waals surface area (Å²) in [6, 6.07) is 15.0. The van der Waals surface area contributed by atoms with E-state index in [1.54, 1.807) is 7.11 Å². The normalized spacial score (nSPS) is 13.5. The Bertz CT molecular complexity index is 589. The summed E-state index contributed by atoms with van der Waals surface area (Å²) in [4.78, 5) is 0. The zero-order valence-electron chi connectivity index (χ0n) is 12.3. The van der Waals surface area contributed by atoms with Crippen molar-refractivity contribution >= 4 is 11.6 Å². The number of rotatable bonds is 6. The van der Waals surface area contributed by atoms with Gasteiger partial charge in [-0.2, -0.15) is 0 Å². The standard InChI is InChI=1S/C17H20ClNO2/c1-3-16(19)17(12-6-4-7-13(18)10-12)21-15-9-5-8-14(11-15)20-2/h4-11,16-17H,3,19H2,1-2H3. The minimum atomic E-state index is -0.249. The molecule has 21 heavy (non-hydrogen) atoms. The van der Waals surface area contributed by atoms with Gasteiger partial charge in [0.25, 0.3) is 0 Å². The van der Waals surface area contributed by atoms with Crippen molar-refractivity contribution in [1.29, 1.82) is 0 Å². The van der Waals surface area contributed by atoms with Crippen LogP contribution in [0.1, 0.15) is 25.0 Å². The lowest BCUT2D eigenvalue weighted by Gasteiger charge is -2.25. The molecule has 0 heterocycles. The van der Waals surface area contributed by atoms with Gasteiger partial charge in [-0.3, -0.25) is 0 Å². The molecule has 112 valence electrons. The van der Waals surface area contributed by atoms with Gasteiger partial charge in [0.05, 0.1) is 7.11 Å². The number of benzene rings is 2. The van der Waals surface area contributed by atoms with Crippen molar-refractivity contribution in [3.8, 4) is 11.5 Å². The van der Waals surface area contributed by atoms with Crippen molar-refractivity contribution in [2.75, 3.05) is 7.11 Å². The summed E-state index contributed by atoms with van der Waals surface area (Å²) in [5.41, 5.74) is 7.19. The third-order valence-electron chi connectivity index (χ3n) is 3.34. The summed E-state index contributed by atoms with van der Waals surface area (Å²) in [7, 11) is 1.63. The van der Waals surface area contributed by atoms with Crippen LogP contribution in [-0.4, -0.2) is 13.2 Å². The molecule has 0 bridgehead atoms. The molecule has 0 spiro atoms. The molecular formula is C17H20ClNO2. The summed E-state index contributed by atoms with van der Waals surface area (Å²) in [6.07, 6.45) is 0.557. The van der Waals surface area contributed by atoms with Crippen LogP contribution in [0.3, 0.4) is 0 Å². The van der Waals surface area contributed by atoms with Gasteiger partial charge in [-0.05, 0) is 36.2 Å². The zero-order valence-corrected chi connectivity index (χ0v) is 13.0. The van der Waals surface area contributed by atoms with E-state index in [2.05, 4.69) is 0 Å². The molecule has 0 saturated carbocycles. The molecule has 0 fully saturated rings. The van der Waals surface area contributed by atoms with Gasteiger partial charge in [0, 0.05) is 17.1 Å². The average molecular weight is 306 g/mol. The average Bonchev–Trinajstić information content (AvgIpc) is 2.52. The first-order valence-corrected chi connectivity index (χ1v) is 7.33. The highest BCUT2D eigenvalue weighted by atomic mass is 35.5. The van der Waals surface area contributed by atoms with Gasteiger partial charge in [0.1, 0.15) is 17.6 Å². The van der Waals surface area contributed by atoms with Gasteiger partial charge >= 0.3 is 0 Å². The van der Waals surface area contributed by atoms with E-state index in [-0.39, 0.29) is 12.1 Å². The molecule has 2 unspecified atom stereocenters. The quantitative estimate of drug-likeness (QED) is 0.869. The Morgan fingerprint density at radius 2 is 1.81 bits per heavy atom. The highest BCUT2D eigenvalue weighted by molar-refractivity contribution is 6.30. The maximum atomic E-state index is 6.22. The third kappa shape index (κ3) is 4.13. The molecule has 0 saturated heterocycles. The van der Waals surface area contributed by atoms with Crippen LogP contribution in [0.15, 0.2) is 48.5 Å². The highest BCUT2D eigenvalue weighted by Crippen LogP contribution is 2.29. The Balaban J connectivity index is 2.28. The molecule has 3 nitrogen and oxygen atoms in total. The van der Waals surface area contributed by atoms with Crippen LogP contribution in [0.2, 0.25) is 5.02 Å². The van der Waals surface area contributed by atoms with Crippen molar-refractivity contribution in [3.63, 3.8) is 0 Å². The van der Waals surface area contributed by atoms with E-state index in [1.165, 1.54) is 0 Å². The zero-order chi connectivity index (χ0) is 15.2. The lowest BCUT2D eigenvalue weighted by atomic mass is 10.0. The van der Waals surface area contributed by atoms with E-state index in [9.17, 15) is 0 Å². The molecule has 0 aliphatic carbocycles. The SMILES string of the molecule is CCC(N)C(Oc1cccc(OC)c1)c1cccc(Cl)c1. The number of methoxy groups -OCH3 is 1. The summed E-state index contributed by atoms with van der Waals surface area (Å²) < 4.78 is 11.3. The van der Waals surface area contributed by atoms with Gasteiger partial charge < -0.3 is 15.2 Å². The van der Waals surface area contributed by atoms with Crippen LogP contribution in [0.5, 0.6) is 11.5 Å². The van der Waals surface area contributed by atoms with E-state index < -0.39 is 0 Å². The third-order valence-corrected chi connectivity index (χ3v) is 3.58. The topological polar surface area (TPSA) is 44.5 Å². The molecule has 2 aromatic carbocycles. The number of hydrogen-bond donors (Lipinski definition) is 1. The summed E-state index contributed by atoms with van der Waals surface area (Å²) in [5.74, 6) is 1.48. The number of ether oxygens (including phenoxy) is 2. The molecule has 2 aromatic rings. The van der Waals surface area contributed by atoms with E-state index >= 15 is 0 Å². The Hall–Kier alpha value is -1.71. The molecule has 0 radical (unpaired) electrons. The molecule has 2 rings (SSSR count). The second-order valence-electron chi connectivity index (χ2n) is 4.84. The summed E-state index contributed by atoms with van der Waals surface area (Å²) in [6.45, 7) is 2.04. The van der Waals surface area contributed by atoms with E-state index in [1.807, 2.05) is 55.5 Å². The maximum absolute atomic E-state index is 6.22. The van der Waals surface area contributed by atoms with Crippen LogP contribution < -0.4 is 15.2 Å². The predicted octanol–water partition coefficient (Wildman–Crippen LogP) is 4.21. The largest absolute Gasteiger partial charge is 0.497 e. The lowest BCUT2D eigenvalue weighted by molar-refractivity contribution is 0.170. The van der Waals surface area contributed by atoms with Crippen molar-refractivity contribution in [1.82, 2.24) is 0 Å². The first-order valence-electron chi connectivity index (χ1n) is 6.95. The van der Waals surface area contributed by atoms with Crippen molar-refractivity contribution in [3.05, 3.63) is 59.1 Å². The molecule has 4 heteroatoms. The van der Waals surface area contributed by atoms with Crippen LogP contribution >= 0.6 is 11.6 Å². The minimum Gasteiger partial charge on any atom is -0.497 e. The lowest BCUT2D eigenvalue weighted by Crippen LogP contribution is -2.31. The highest BCUT2D eigenvalue weighted by Gasteiger charge is 2.21. The fourth-order valence-corrected chi connectivity index (χ4v) is 2.32. The van der Waals surface area contributed by atoms with Crippen molar-refractivity contribution in [2.24, 2.45) is 5.73 Å². The van der Waals surface area contributed by atoms with Gasteiger partial charge in [0.15, 0.2) is 0 Å². The fraction of sp³-hybridized carbons (Fsp3) is 0.294. The Kier molecular flexibility index (Phi) is 5.48. The Morgan fingerprint density at radius 1 is 1.10 bits per heavy atom. The van der Waals surface area contributed by atoms with Crippen LogP contribution in [0.4, 0.5) is 0 Å². The minimum absolute atomic E-state index is 0.116. The molecule has 0 aromatic heterocycles. The molecule has 2 N–H and O–H groups in total. The van der Waals surface area contributed by atoms with Crippen LogP contribution in [0, 0.1) is 0 Å². The summed E-state index contributed by atoms with van der Waals surface area (Å²) in [5, 5.41) is 0.676. The molecule has 0 aliphatic rings.